The van der Waals surface area contributed by atoms with Crippen LogP contribution in [-0.4, -0.2) is 56.2 Å². The second-order valence-electron chi connectivity index (χ2n) is 6.29. The number of urea groups is 1. The SMILES string of the molecule is CCC(C)C(NC(=O)N1CCN(c2cccc(Cl)c2)CC1)C(=O)OC. The molecule has 138 valence electrons. The highest BCUT2D eigenvalue weighted by Gasteiger charge is 2.29. The van der Waals surface area contributed by atoms with Crippen LogP contribution >= 0.6 is 11.6 Å². The van der Waals surface area contributed by atoms with E-state index in [9.17, 15) is 9.59 Å². The quantitative estimate of drug-likeness (QED) is 0.813. The first-order chi connectivity index (χ1) is 12.0. The third-order valence-corrected chi connectivity index (χ3v) is 4.92. The molecule has 25 heavy (non-hydrogen) atoms. The Morgan fingerprint density at radius 2 is 1.96 bits per heavy atom. The van der Waals surface area contributed by atoms with Crippen molar-refractivity contribution in [3.05, 3.63) is 29.3 Å². The van der Waals surface area contributed by atoms with Crippen LogP contribution in [0.15, 0.2) is 24.3 Å². The number of benzene rings is 1. The summed E-state index contributed by atoms with van der Waals surface area (Å²) in [4.78, 5) is 28.4. The Morgan fingerprint density at radius 3 is 2.52 bits per heavy atom. The van der Waals surface area contributed by atoms with Gasteiger partial charge in [-0.2, -0.15) is 0 Å². The summed E-state index contributed by atoms with van der Waals surface area (Å²) in [6.45, 7) is 6.54. The fourth-order valence-electron chi connectivity index (χ4n) is 2.86. The highest BCUT2D eigenvalue weighted by atomic mass is 35.5. The van der Waals surface area contributed by atoms with Crippen molar-refractivity contribution in [1.29, 1.82) is 0 Å². The Kier molecular flexibility index (Phi) is 6.93. The van der Waals surface area contributed by atoms with Gasteiger partial charge in [-0.3, -0.25) is 0 Å². The first kappa shape index (κ1) is 19.4. The normalized spacial score (nSPS) is 17.0. The molecule has 0 bridgehead atoms. The molecule has 1 N–H and O–H groups in total. The topological polar surface area (TPSA) is 61.9 Å². The van der Waals surface area contributed by atoms with E-state index in [-0.39, 0.29) is 11.9 Å². The highest BCUT2D eigenvalue weighted by molar-refractivity contribution is 6.30. The number of rotatable bonds is 5. The van der Waals surface area contributed by atoms with Gasteiger partial charge in [0, 0.05) is 36.9 Å². The van der Waals surface area contributed by atoms with Crippen molar-refractivity contribution in [3.63, 3.8) is 0 Å². The van der Waals surface area contributed by atoms with Gasteiger partial charge in [-0.25, -0.2) is 9.59 Å². The number of ether oxygens (including phenoxy) is 1. The van der Waals surface area contributed by atoms with E-state index in [4.69, 9.17) is 16.3 Å². The maximum absolute atomic E-state index is 12.5. The molecule has 7 heteroatoms. The monoisotopic (exact) mass is 367 g/mol. The van der Waals surface area contributed by atoms with Crippen molar-refractivity contribution < 1.29 is 14.3 Å². The standard InChI is InChI=1S/C18H26ClN3O3/c1-4-13(2)16(17(23)25-3)20-18(24)22-10-8-21(9-11-22)15-7-5-6-14(19)12-15/h5-7,12-13,16H,4,8-11H2,1-3H3,(H,20,24). The molecule has 1 aliphatic rings. The molecule has 1 saturated heterocycles. The van der Waals surface area contributed by atoms with Crippen molar-refractivity contribution >= 4 is 29.3 Å². The molecule has 0 saturated carbocycles. The number of halogens is 1. The lowest BCUT2D eigenvalue weighted by Crippen LogP contribution is -2.56. The fraction of sp³-hybridized carbons (Fsp3) is 0.556. The predicted octanol–water partition coefficient (Wildman–Crippen LogP) is 2.76. The minimum absolute atomic E-state index is 0.0177. The van der Waals surface area contributed by atoms with Crippen LogP contribution in [0.1, 0.15) is 20.3 Å². The molecule has 1 aliphatic heterocycles. The second kappa shape index (κ2) is 8.94. The maximum Gasteiger partial charge on any atom is 0.328 e. The van der Waals surface area contributed by atoms with Crippen LogP contribution in [0.2, 0.25) is 5.02 Å². The smallest absolute Gasteiger partial charge is 0.328 e. The molecule has 2 atom stereocenters. The molecular weight excluding hydrogens is 342 g/mol. The van der Waals surface area contributed by atoms with Crippen LogP contribution in [0.4, 0.5) is 10.5 Å². The van der Waals surface area contributed by atoms with E-state index < -0.39 is 12.0 Å². The van der Waals surface area contributed by atoms with E-state index in [1.165, 1.54) is 7.11 Å². The van der Waals surface area contributed by atoms with Crippen molar-refractivity contribution in [2.24, 2.45) is 5.92 Å². The van der Waals surface area contributed by atoms with Crippen molar-refractivity contribution in [1.82, 2.24) is 10.2 Å². The number of hydrogen-bond acceptors (Lipinski definition) is 4. The summed E-state index contributed by atoms with van der Waals surface area (Å²) in [6, 6.07) is 6.86. The van der Waals surface area contributed by atoms with Crippen molar-refractivity contribution in [2.75, 3.05) is 38.2 Å². The van der Waals surface area contributed by atoms with Crippen LogP contribution < -0.4 is 10.2 Å². The number of anilines is 1. The van der Waals surface area contributed by atoms with Crippen molar-refractivity contribution in [2.45, 2.75) is 26.3 Å². The third-order valence-electron chi connectivity index (χ3n) is 4.69. The Balaban J connectivity index is 1.93. The van der Waals surface area contributed by atoms with Crippen LogP contribution in [-0.2, 0) is 9.53 Å². The lowest BCUT2D eigenvalue weighted by Gasteiger charge is -2.37. The van der Waals surface area contributed by atoms with E-state index in [2.05, 4.69) is 10.2 Å². The molecule has 2 unspecified atom stereocenters. The zero-order chi connectivity index (χ0) is 18.4. The van der Waals surface area contributed by atoms with Gasteiger partial charge in [0.15, 0.2) is 0 Å². The number of carbonyl (C=O) groups excluding carboxylic acids is 2. The number of hydrogen-bond donors (Lipinski definition) is 1. The van der Waals surface area contributed by atoms with Gasteiger partial charge < -0.3 is 19.9 Å². The fourth-order valence-corrected chi connectivity index (χ4v) is 3.05. The third kappa shape index (κ3) is 5.01. The maximum atomic E-state index is 12.5. The van der Waals surface area contributed by atoms with Gasteiger partial charge >= 0.3 is 12.0 Å². The highest BCUT2D eigenvalue weighted by Crippen LogP contribution is 2.21. The molecule has 6 nitrogen and oxygen atoms in total. The van der Waals surface area contributed by atoms with Gasteiger partial charge in [0.1, 0.15) is 6.04 Å². The lowest BCUT2D eigenvalue weighted by molar-refractivity contribution is -0.144. The molecule has 1 aromatic rings. The van der Waals surface area contributed by atoms with E-state index in [0.29, 0.717) is 18.1 Å². The average Bonchev–Trinajstić information content (AvgIpc) is 2.64. The average molecular weight is 368 g/mol. The molecule has 1 heterocycles. The summed E-state index contributed by atoms with van der Waals surface area (Å²) in [5.74, 6) is -0.385. The zero-order valence-electron chi connectivity index (χ0n) is 15.0. The van der Waals surface area contributed by atoms with E-state index in [1.807, 2.05) is 38.1 Å². The van der Waals surface area contributed by atoms with Gasteiger partial charge in [-0.05, 0) is 24.1 Å². The summed E-state index contributed by atoms with van der Waals surface area (Å²) in [5, 5.41) is 3.53. The predicted molar refractivity (Wildman–Crippen MR) is 99.0 cm³/mol. The minimum Gasteiger partial charge on any atom is -0.467 e. The van der Waals surface area contributed by atoms with E-state index in [0.717, 1.165) is 25.2 Å². The largest absolute Gasteiger partial charge is 0.467 e. The molecular formula is C18H26ClN3O3. The van der Waals surface area contributed by atoms with Crippen LogP contribution in [0.25, 0.3) is 0 Å². The number of nitrogens with zero attached hydrogens (tertiary/aromatic N) is 2. The molecule has 2 amide bonds. The molecule has 1 fully saturated rings. The molecule has 0 radical (unpaired) electrons. The van der Waals surface area contributed by atoms with Crippen LogP contribution in [0.5, 0.6) is 0 Å². The summed E-state index contributed by atoms with van der Waals surface area (Å²) in [7, 11) is 1.34. The summed E-state index contributed by atoms with van der Waals surface area (Å²) in [5.41, 5.74) is 1.06. The Hall–Kier alpha value is -1.95. The minimum atomic E-state index is -0.617. The Bertz CT molecular complexity index is 603. The number of esters is 1. The molecule has 0 spiro atoms. The van der Waals surface area contributed by atoms with Gasteiger partial charge in [-0.1, -0.05) is 37.9 Å². The van der Waals surface area contributed by atoms with Gasteiger partial charge in [0.25, 0.3) is 0 Å². The van der Waals surface area contributed by atoms with Gasteiger partial charge in [0.05, 0.1) is 7.11 Å². The first-order valence-electron chi connectivity index (χ1n) is 8.60. The summed E-state index contributed by atoms with van der Waals surface area (Å²) < 4.78 is 4.82. The number of amides is 2. The van der Waals surface area contributed by atoms with E-state index >= 15 is 0 Å². The summed E-state index contributed by atoms with van der Waals surface area (Å²) in [6.07, 6.45) is 0.780. The van der Waals surface area contributed by atoms with Gasteiger partial charge in [-0.15, -0.1) is 0 Å². The number of carbonyl (C=O) groups is 2. The van der Waals surface area contributed by atoms with Crippen LogP contribution in [0, 0.1) is 5.92 Å². The van der Waals surface area contributed by atoms with Crippen LogP contribution in [0.3, 0.4) is 0 Å². The zero-order valence-corrected chi connectivity index (χ0v) is 15.8. The Morgan fingerprint density at radius 1 is 1.28 bits per heavy atom. The number of piperazine rings is 1. The van der Waals surface area contributed by atoms with Gasteiger partial charge in [0.2, 0.25) is 0 Å². The molecule has 0 aliphatic carbocycles. The number of methoxy groups -OCH3 is 1. The van der Waals surface area contributed by atoms with E-state index in [1.54, 1.807) is 4.90 Å². The molecule has 1 aromatic carbocycles. The summed E-state index contributed by atoms with van der Waals surface area (Å²) >= 11 is 6.04. The molecule has 2 rings (SSSR count). The van der Waals surface area contributed by atoms with Crippen molar-refractivity contribution in [3.8, 4) is 0 Å². The first-order valence-corrected chi connectivity index (χ1v) is 8.97. The lowest BCUT2D eigenvalue weighted by atomic mass is 9.99. The molecule has 0 aromatic heterocycles. The Labute approximate surface area is 154 Å². The number of nitrogens with one attached hydrogen (secondary N) is 1. The second-order valence-corrected chi connectivity index (χ2v) is 6.73.